The van der Waals surface area contributed by atoms with Crippen LogP contribution in [0.5, 0.6) is 0 Å². The lowest BCUT2D eigenvalue weighted by molar-refractivity contribution is -0.113. The van der Waals surface area contributed by atoms with Crippen molar-refractivity contribution in [2.45, 2.75) is 12.1 Å². The van der Waals surface area contributed by atoms with Gasteiger partial charge in [-0.2, -0.15) is 0 Å². The van der Waals surface area contributed by atoms with Gasteiger partial charge in [-0.25, -0.2) is 0 Å². The second-order valence-corrected chi connectivity index (χ2v) is 8.72. The first-order valence-corrected chi connectivity index (χ1v) is 11.5. The minimum Gasteiger partial charge on any atom is -0.378 e. The highest BCUT2D eigenvalue weighted by molar-refractivity contribution is 7.99. The average molecular weight is 478 g/mol. The van der Waals surface area contributed by atoms with E-state index in [0.717, 1.165) is 30.3 Å². The molecule has 1 aromatic heterocycles. The minimum absolute atomic E-state index is 0.149. The van der Waals surface area contributed by atoms with Gasteiger partial charge in [-0.1, -0.05) is 58.7 Å². The number of hydrogen-bond donors (Lipinski definition) is 1. The van der Waals surface area contributed by atoms with Gasteiger partial charge in [-0.05, 0) is 31.2 Å². The van der Waals surface area contributed by atoms with Crippen LogP contribution in [0.1, 0.15) is 5.56 Å². The summed E-state index contributed by atoms with van der Waals surface area (Å²) in [7, 11) is 0. The van der Waals surface area contributed by atoms with Crippen LogP contribution in [-0.4, -0.2) is 52.7 Å². The summed E-state index contributed by atoms with van der Waals surface area (Å²) in [6.45, 7) is 4.81. The van der Waals surface area contributed by atoms with E-state index < -0.39 is 0 Å². The molecule has 3 aromatic rings. The summed E-state index contributed by atoms with van der Waals surface area (Å²) in [5, 5.41) is 12.9. The standard InChI is InChI=1S/C21H21Cl2N5O2S/c1-14-5-7-15(8-6-14)28-20(27-9-11-30-12-10-27)25-26-21(28)31-13-18(29)24-17-4-2-3-16(22)19(17)23/h2-8H,9-13H2,1H3,(H,24,29). The van der Waals surface area contributed by atoms with Crippen molar-refractivity contribution in [3.05, 3.63) is 58.1 Å². The van der Waals surface area contributed by atoms with E-state index in [4.69, 9.17) is 27.9 Å². The van der Waals surface area contributed by atoms with E-state index in [1.807, 2.05) is 35.8 Å². The molecule has 0 bridgehead atoms. The van der Waals surface area contributed by atoms with Gasteiger partial charge in [0.15, 0.2) is 5.16 Å². The molecule has 7 nitrogen and oxygen atoms in total. The molecular weight excluding hydrogens is 457 g/mol. The number of halogens is 2. The maximum Gasteiger partial charge on any atom is 0.234 e. The Morgan fingerprint density at radius 3 is 2.61 bits per heavy atom. The van der Waals surface area contributed by atoms with Crippen LogP contribution in [0.25, 0.3) is 5.69 Å². The molecule has 0 spiro atoms. The number of carbonyl (C=O) groups is 1. The first-order valence-electron chi connectivity index (χ1n) is 9.75. The van der Waals surface area contributed by atoms with Crippen molar-refractivity contribution in [3.63, 3.8) is 0 Å². The molecule has 1 amide bonds. The average Bonchev–Trinajstić information content (AvgIpc) is 3.21. The molecular formula is C21H21Cl2N5O2S. The van der Waals surface area contributed by atoms with E-state index in [-0.39, 0.29) is 11.7 Å². The summed E-state index contributed by atoms with van der Waals surface area (Å²) < 4.78 is 7.45. The van der Waals surface area contributed by atoms with E-state index in [1.54, 1.807) is 18.2 Å². The van der Waals surface area contributed by atoms with Gasteiger partial charge in [-0.15, -0.1) is 10.2 Å². The first-order chi connectivity index (χ1) is 15.0. The number of amides is 1. The van der Waals surface area contributed by atoms with Crippen LogP contribution in [0.4, 0.5) is 11.6 Å². The lowest BCUT2D eigenvalue weighted by Crippen LogP contribution is -2.37. The third-order valence-electron chi connectivity index (χ3n) is 4.76. The SMILES string of the molecule is Cc1ccc(-n2c(SCC(=O)Nc3cccc(Cl)c3Cl)nnc2N2CCOCC2)cc1. The molecule has 1 N–H and O–H groups in total. The lowest BCUT2D eigenvalue weighted by atomic mass is 10.2. The molecule has 4 rings (SSSR count). The smallest absolute Gasteiger partial charge is 0.234 e. The Morgan fingerprint density at radius 1 is 1.13 bits per heavy atom. The first kappa shape index (κ1) is 22.0. The summed E-state index contributed by atoms with van der Waals surface area (Å²) >= 11 is 13.5. The van der Waals surface area contributed by atoms with E-state index in [2.05, 4.69) is 20.4 Å². The van der Waals surface area contributed by atoms with Crippen LogP contribution < -0.4 is 10.2 Å². The molecule has 1 saturated heterocycles. The molecule has 0 aliphatic carbocycles. The van der Waals surface area contributed by atoms with Crippen LogP contribution in [0.3, 0.4) is 0 Å². The summed E-state index contributed by atoms with van der Waals surface area (Å²) in [6.07, 6.45) is 0. The number of hydrogen-bond acceptors (Lipinski definition) is 6. The summed E-state index contributed by atoms with van der Waals surface area (Å²) in [5.74, 6) is 0.684. The highest BCUT2D eigenvalue weighted by Gasteiger charge is 2.22. The van der Waals surface area contributed by atoms with Crippen LogP contribution in [-0.2, 0) is 9.53 Å². The predicted molar refractivity (Wildman–Crippen MR) is 125 cm³/mol. The Kier molecular flexibility index (Phi) is 7.02. The van der Waals surface area contributed by atoms with Crippen molar-refractivity contribution in [1.82, 2.24) is 14.8 Å². The topological polar surface area (TPSA) is 72.3 Å². The molecule has 1 aliphatic rings. The number of benzene rings is 2. The van der Waals surface area contributed by atoms with Crippen LogP contribution in [0, 0.1) is 6.92 Å². The number of morpholine rings is 1. The molecule has 0 radical (unpaired) electrons. The van der Waals surface area contributed by atoms with Gasteiger partial charge in [-0.3, -0.25) is 9.36 Å². The fourth-order valence-corrected chi connectivity index (χ4v) is 4.26. The van der Waals surface area contributed by atoms with E-state index >= 15 is 0 Å². The fourth-order valence-electron chi connectivity index (χ4n) is 3.16. The zero-order valence-corrected chi connectivity index (χ0v) is 19.2. The van der Waals surface area contributed by atoms with Gasteiger partial charge in [0.25, 0.3) is 0 Å². The third kappa shape index (κ3) is 5.15. The van der Waals surface area contributed by atoms with Gasteiger partial charge in [0.05, 0.1) is 40.4 Å². The maximum atomic E-state index is 12.5. The summed E-state index contributed by atoms with van der Waals surface area (Å²) in [4.78, 5) is 14.7. The van der Waals surface area contributed by atoms with Crippen molar-refractivity contribution >= 4 is 52.5 Å². The number of nitrogens with zero attached hydrogens (tertiary/aromatic N) is 4. The molecule has 2 heterocycles. The maximum absolute atomic E-state index is 12.5. The van der Waals surface area contributed by atoms with Gasteiger partial charge in [0.2, 0.25) is 11.9 Å². The Bertz CT molecular complexity index is 1070. The minimum atomic E-state index is -0.208. The molecule has 10 heteroatoms. The third-order valence-corrected chi connectivity index (χ3v) is 6.51. The van der Waals surface area contributed by atoms with Gasteiger partial charge in [0, 0.05) is 13.1 Å². The molecule has 31 heavy (non-hydrogen) atoms. The Labute approximate surface area is 194 Å². The highest BCUT2D eigenvalue weighted by atomic mass is 35.5. The zero-order chi connectivity index (χ0) is 21.8. The normalized spacial score (nSPS) is 14.0. The van der Waals surface area contributed by atoms with Crippen LogP contribution in [0.15, 0.2) is 47.6 Å². The highest BCUT2D eigenvalue weighted by Crippen LogP contribution is 2.31. The molecule has 0 saturated carbocycles. The monoisotopic (exact) mass is 477 g/mol. The molecule has 1 aliphatic heterocycles. The number of aryl methyl sites for hydroxylation is 1. The molecule has 2 aromatic carbocycles. The van der Waals surface area contributed by atoms with E-state index in [0.29, 0.717) is 34.1 Å². The van der Waals surface area contributed by atoms with Crippen molar-refractivity contribution in [2.24, 2.45) is 0 Å². The number of thioether (sulfide) groups is 1. The number of carbonyl (C=O) groups excluding carboxylic acids is 1. The number of ether oxygens (including phenoxy) is 1. The fraction of sp³-hybridized carbons (Fsp3) is 0.286. The summed E-state index contributed by atoms with van der Waals surface area (Å²) in [5.41, 5.74) is 2.59. The lowest BCUT2D eigenvalue weighted by Gasteiger charge is -2.28. The predicted octanol–water partition coefficient (Wildman–Crippen LogP) is 4.45. The van der Waals surface area contributed by atoms with E-state index in [1.165, 1.54) is 11.8 Å². The Morgan fingerprint density at radius 2 is 1.87 bits per heavy atom. The van der Waals surface area contributed by atoms with Crippen molar-refractivity contribution in [3.8, 4) is 5.69 Å². The number of anilines is 2. The zero-order valence-electron chi connectivity index (χ0n) is 16.8. The second-order valence-electron chi connectivity index (χ2n) is 6.99. The Hall–Kier alpha value is -2.26. The number of aromatic nitrogens is 3. The molecule has 1 fully saturated rings. The number of nitrogens with one attached hydrogen (secondary N) is 1. The van der Waals surface area contributed by atoms with Crippen molar-refractivity contribution in [2.75, 3.05) is 42.3 Å². The van der Waals surface area contributed by atoms with Crippen LogP contribution >= 0.6 is 35.0 Å². The van der Waals surface area contributed by atoms with Gasteiger partial charge >= 0.3 is 0 Å². The van der Waals surface area contributed by atoms with Crippen molar-refractivity contribution < 1.29 is 9.53 Å². The van der Waals surface area contributed by atoms with Crippen molar-refractivity contribution in [1.29, 1.82) is 0 Å². The molecule has 0 atom stereocenters. The largest absolute Gasteiger partial charge is 0.378 e. The second kappa shape index (κ2) is 9.91. The van der Waals surface area contributed by atoms with Gasteiger partial charge < -0.3 is 15.0 Å². The number of rotatable bonds is 6. The van der Waals surface area contributed by atoms with Crippen LogP contribution in [0.2, 0.25) is 10.0 Å². The molecule has 162 valence electrons. The summed E-state index contributed by atoms with van der Waals surface area (Å²) in [6, 6.07) is 13.3. The quantitative estimate of drug-likeness (QED) is 0.528. The Balaban J connectivity index is 1.54. The van der Waals surface area contributed by atoms with E-state index in [9.17, 15) is 4.79 Å². The molecule has 0 unspecified atom stereocenters. The van der Waals surface area contributed by atoms with Gasteiger partial charge in [0.1, 0.15) is 0 Å².